The van der Waals surface area contributed by atoms with Gasteiger partial charge in [-0.05, 0) is 42.0 Å². The van der Waals surface area contributed by atoms with Crippen LogP contribution in [0.2, 0.25) is 0 Å². The summed E-state index contributed by atoms with van der Waals surface area (Å²) in [5, 5.41) is 7.82. The number of ether oxygens (including phenoxy) is 1. The maximum Gasteiger partial charge on any atom is 0.239 e. The number of nitrogens with one attached hydrogen (secondary N) is 2. The summed E-state index contributed by atoms with van der Waals surface area (Å²) in [6.07, 6.45) is 4.87. The minimum absolute atomic E-state index is 0.00943. The lowest BCUT2D eigenvalue weighted by Crippen LogP contribution is -2.43. The Kier molecular flexibility index (Phi) is 6.50. The summed E-state index contributed by atoms with van der Waals surface area (Å²) in [5.41, 5.74) is 0.952. The van der Waals surface area contributed by atoms with Gasteiger partial charge < -0.3 is 15.4 Å². The Balaban J connectivity index is 1.44. The standard InChI is InChI=1S/C21H26N2O3S/c1-26-17-8-6-16(7-9-17)13-19(24)22-14-20(25)23-15-21(10-2-3-11-21)18-5-4-12-27-18/h4-9,12H,2-3,10-11,13-15H2,1H3,(H,22,24)(H,23,25). The van der Waals surface area contributed by atoms with Gasteiger partial charge in [-0.25, -0.2) is 0 Å². The lowest BCUT2D eigenvalue weighted by molar-refractivity contribution is -0.125. The first-order valence-electron chi connectivity index (χ1n) is 9.32. The molecule has 5 nitrogen and oxygen atoms in total. The molecule has 1 aliphatic rings. The van der Waals surface area contributed by atoms with Crippen LogP contribution in [0.3, 0.4) is 0 Å². The van der Waals surface area contributed by atoms with Crippen molar-refractivity contribution < 1.29 is 14.3 Å². The van der Waals surface area contributed by atoms with Crippen molar-refractivity contribution >= 4 is 23.2 Å². The zero-order chi connectivity index (χ0) is 19.1. The molecule has 2 aromatic rings. The number of hydrogen-bond donors (Lipinski definition) is 2. The second kappa shape index (κ2) is 9.04. The molecule has 1 fully saturated rings. The lowest BCUT2D eigenvalue weighted by atomic mass is 9.84. The molecule has 1 saturated carbocycles. The van der Waals surface area contributed by atoms with Crippen LogP contribution < -0.4 is 15.4 Å². The average molecular weight is 387 g/mol. The molecule has 0 atom stereocenters. The van der Waals surface area contributed by atoms with E-state index in [1.807, 2.05) is 24.3 Å². The Hall–Kier alpha value is -2.34. The minimum Gasteiger partial charge on any atom is -0.497 e. The van der Waals surface area contributed by atoms with E-state index in [4.69, 9.17) is 4.74 Å². The Morgan fingerprint density at radius 1 is 1.07 bits per heavy atom. The van der Waals surface area contributed by atoms with Crippen LogP contribution in [0.15, 0.2) is 41.8 Å². The van der Waals surface area contributed by atoms with E-state index >= 15 is 0 Å². The van der Waals surface area contributed by atoms with E-state index in [0.717, 1.165) is 24.2 Å². The molecule has 6 heteroatoms. The van der Waals surface area contributed by atoms with E-state index in [1.54, 1.807) is 18.4 Å². The van der Waals surface area contributed by atoms with Gasteiger partial charge in [-0.3, -0.25) is 9.59 Å². The minimum atomic E-state index is -0.163. The third-order valence-corrected chi connectivity index (χ3v) is 6.31. The third kappa shape index (κ3) is 5.10. The van der Waals surface area contributed by atoms with Crippen molar-refractivity contribution in [2.45, 2.75) is 37.5 Å². The molecule has 1 aliphatic carbocycles. The number of carbonyl (C=O) groups excluding carboxylic acids is 2. The third-order valence-electron chi connectivity index (χ3n) is 5.20. The van der Waals surface area contributed by atoms with Gasteiger partial charge in [-0.1, -0.05) is 31.0 Å². The number of benzene rings is 1. The molecule has 3 rings (SSSR count). The van der Waals surface area contributed by atoms with Crippen LogP contribution >= 0.6 is 11.3 Å². The van der Waals surface area contributed by atoms with Crippen molar-refractivity contribution in [3.63, 3.8) is 0 Å². The van der Waals surface area contributed by atoms with Gasteiger partial charge in [0.2, 0.25) is 11.8 Å². The fraction of sp³-hybridized carbons (Fsp3) is 0.429. The molecule has 0 aliphatic heterocycles. The largest absolute Gasteiger partial charge is 0.497 e. The highest BCUT2D eigenvalue weighted by atomic mass is 32.1. The first kappa shape index (κ1) is 19.4. The van der Waals surface area contributed by atoms with Gasteiger partial charge in [0, 0.05) is 16.8 Å². The number of methoxy groups -OCH3 is 1. The zero-order valence-corrected chi connectivity index (χ0v) is 16.4. The topological polar surface area (TPSA) is 67.4 Å². The Bertz CT molecular complexity index is 750. The second-order valence-electron chi connectivity index (χ2n) is 7.04. The first-order valence-corrected chi connectivity index (χ1v) is 10.2. The number of amides is 2. The fourth-order valence-corrected chi connectivity index (χ4v) is 4.63. The van der Waals surface area contributed by atoms with Gasteiger partial charge in [0.15, 0.2) is 0 Å². The molecule has 2 N–H and O–H groups in total. The van der Waals surface area contributed by atoms with Crippen LogP contribution in [0, 0.1) is 0 Å². The van der Waals surface area contributed by atoms with E-state index in [1.165, 1.54) is 17.7 Å². The number of rotatable bonds is 8. The summed E-state index contributed by atoms with van der Waals surface area (Å²) in [7, 11) is 1.61. The van der Waals surface area contributed by atoms with E-state index in [2.05, 4.69) is 28.1 Å². The normalized spacial score (nSPS) is 15.3. The molecule has 0 radical (unpaired) electrons. The quantitative estimate of drug-likeness (QED) is 0.733. The summed E-state index contributed by atoms with van der Waals surface area (Å²) < 4.78 is 5.10. The maximum atomic E-state index is 12.2. The van der Waals surface area contributed by atoms with Crippen molar-refractivity contribution in [2.24, 2.45) is 0 Å². The molecule has 2 amide bonds. The fourth-order valence-electron chi connectivity index (χ4n) is 3.64. The lowest BCUT2D eigenvalue weighted by Gasteiger charge is -2.28. The maximum absolute atomic E-state index is 12.2. The predicted octanol–water partition coefficient (Wildman–Crippen LogP) is 3.04. The van der Waals surface area contributed by atoms with E-state index < -0.39 is 0 Å². The summed E-state index contributed by atoms with van der Waals surface area (Å²) >= 11 is 1.76. The van der Waals surface area contributed by atoms with Crippen molar-refractivity contribution in [2.75, 3.05) is 20.2 Å². The molecular weight excluding hydrogens is 360 g/mol. The van der Waals surface area contributed by atoms with Gasteiger partial charge in [-0.15, -0.1) is 11.3 Å². The Morgan fingerprint density at radius 3 is 2.44 bits per heavy atom. The molecule has 27 heavy (non-hydrogen) atoms. The van der Waals surface area contributed by atoms with Crippen molar-refractivity contribution in [3.05, 3.63) is 52.2 Å². The molecule has 144 valence electrons. The van der Waals surface area contributed by atoms with Crippen LogP contribution in [0.4, 0.5) is 0 Å². The number of carbonyl (C=O) groups is 2. The van der Waals surface area contributed by atoms with E-state index in [0.29, 0.717) is 6.54 Å². The molecule has 1 heterocycles. The van der Waals surface area contributed by atoms with Crippen molar-refractivity contribution in [1.29, 1.82) is 0 Å². The highest BCUT2D eigenvalue weighted by Gasteiger charge is 2.36. The summed E-state index contributed by atoms with van der Waals surface area (Å²) in [6.45, 7) is 0.649. The molecule has 0 unspecified atom stereocenters. The van der Waals surface area contributed by atoms with Crippen molar-refractivity contribution in [1.82, 2.24) is 10.6 Å². The summed E-state index contributed by atoms with van der Waals surface area (Å²) in [5.74, 6) is 0.454. The average Bonchev–Trinajstić information content (AvgIpc) is 3.38. The molecule has 0 saturated heterocycles. The van der Waals surface area contributed by atoms with Crippen LogP contribution in [-0.4, -0.2) is 32.0 Å². The molecule has 1 aromatic carbocycles. The smallest absolute Gasteiger partial charge is 0.239 e. The van der Waals surface area contributed by atoms with E-state index in [9.17, 15) is 9.59 Å². The first-order chi connectivity index (χ1) is 13.1. The monoisotopic (exact) mass is 386 g/mol. The number of thiophene rings is 1. The van der Waals surface area contributed by atoms with Gasteiger partial charge in [-0.2, -0.15) is 0 Å². The van der Waals surface area contributed by atoms with Gasteiger partial charge in [0.1, 0.15) is 5.75 Å². The molecular formula is C21H26N2O3S. The number of hydrogen-bond acceptors (Lipinski definition) is 4. The van der Waals surface area contributed by atoms with Gasteiger partial charge >= 0.3 is 0 Å². The van der Waals surface area contributed by atoms with Crippen LogP contribution in [-0.2, 0) is 21.4 Å². The Labute approximate surface area is 164 Å². The van der Waals surface area contributed by atoms with Crippen LogP contribution in [0.25, 0.3) is 0 Å². The van der Waals surface area contributed by atoms with E-state index in [-0.39, 0.29) is 30.2 Å². The second-order valence-corrected chi connectivity index (χ2v) is 7.99. The summed E-state index contributed by atoms with van der Waals surface area (Å²) in [4.78, 5) is 25.6. The van der Waals surface area contributed by atoms with Crippen LogP contribution in [0.1, 0.15) is 36.1 Å². The zero-order valence-electron chi connectivity index (χ0n) is 15.6. The van der Waals surface area contributed by atoms with Gasteiger partial charge in [0.25, 0.3) is 0 Å². The van der Waals surface area contributed by atoms with Crippen LogP contribution in [0.5, 0.6) is 5.75 Å². The predicted molar refractivity (Wildman–Crippen MR) is 107 cm³/mol. The molecule has 1 aromatic heterocycles. The molecule has 0 spiro atoms. The SMILES string of the molecule is COc1ccc(CC(=O)NCC(=O)NCC2(c3cccs3)CCCC2)cc1. The summed E-state index contributed by atoms with van der Waals surface area (Å²) in [6, 6.07) is 11.6. The highest BCUT2D eigenvalue weighted by Crippen LogP contribution is 2.42. The highest BCUT2D eigenvalue weighted by molar-refractivity contribution is 7.10. The van der Waals surface area contributed by atoms with Gasteiger partial charge in [0.05, 0.1) is 20.1 Å². The molecule has 0 bridgehead atoms. The van der Waals surface area contributed by atoms with Crippen molar-refractivity contribution in [3.8, 4) is 5.75 Å². The Morgan fingerprint density at radius 2 is 1.81 bits per heavy atom.